The summed E-state index contributed by atoms with van der Waals surface area (Å²) in [4.78, 5) is 4.07. The van der Waals surface area contributed by atoms with E-state index in [9.17, 15) is 8.42 Å². The maximum Gasteiger partial charge on any atom is 0.263 e. The van der Waals surface area contributed by atoms with E-state index in [2.05, 4.69) is 9.71 Å². The Morgan fingerprint density at radius 2 is 2.05 bits per heavy atom. The van der Waals surface area contributed by atoms with Gasteiger partial charge in [0.15, 0.2) is 0 Å². The summed E-state index contributed by atoms with van der Waals surface area (Å²) in [6, 6.07) is 7.78. The maximum absolute atomic E-state index is 12.3. The molecule has 2 rings (SSSR count). The number of anilines is 2. The van der Waals surface area contributed by atoms with Gasteiger partial charge < -0.3 is 10.5 Å². The van der Waals surface area contributed by atoms with Crippen LogP contribution in [0.4, 0.5) is 11.5 Å². The molecule has 1 heterocycles. The number of nitrogens with one attached hydrogen (secondary N) is 1. The molecule has 0 bridgehead atoms. The van der Waals surface area contributed by atoms with Crippen LogP contribution >= 0.6 is 0 Å². The third kappa shape index (κ3) is 2.83. The number of hydrogen-bond acceptors (Lipinski definition) is 5. The number of aryl methyl sites for hydroxylation is 1. The average molecular weight is 293 g/mol. The highest BCUT2D eigenvalue weighted by Gasteiger charge is 2.17. The molecule has 0 spiro atoms. The zero-order valence-electron chi connectivity index (χ0n) is 11.1. The van der Waals surface area contributed by atoms with Gasteiger partial charge in [0, 0.05) is 12.3 Å². The second-order valence-electron chi connectivity index (χ2n) is 4.18. The first-order chi connectivity index (χ1) is 9.44. The number of aromatic nitrogens is 1. The fraction of sp³-hybridized carbons (Fsp3) is 0.154. The van der Waals surface area contributed by atoms with Gasteiger partial charge in [-0.05, 0) is 30.7 Å². The van der Waals surface area contributed by atoms with Gasteiger partial charge in [0.25, 0.3) is 10.0 Å². The molecule has 7 heteroatoms. The van der Waals surface area contributed by atoms with Gasteiger partial charge in [-0.2, -0.15) is 0 Å². The van der Waals surface area contributed by atoms with Crippen molar-refractivity contribution >= 4 is 21.5 Å². The second-order valence-corrected chi connectivity index (χ2v) is 5.86. The van der Waals surface area contributed by atoms with E-state index in [-0.39, 0.29) is 4.90 Å². The summed E-state index contributed by atoms with van der Waals surface area (Å²) in [5.74, 6) is 0.605. The Bertz CT molecular complexity index is 729. The van der Waals surface area contributed by atoms with Crippen LogP contribution in [-0.2, 0) is 10.0 Å². The lowest BCUT2D eigenvalue weighted by molar-refractivity contribution is 0.415. The maximum atomic E-state index is 12.3. The van der Waals surface area contributed by atoms with Crippen molar-refractivity contribution in [2.24, 2.45) is 0 Å². The molecule has 0 saturated heterocycles. The van der Waals surface area contributed by atoms with Gasteiger partial charge in [0.2, 0.25) is 0 Å². The van der Waals surface area contributed by atoms with Crippen LogP contribution in [0.25, 0.3) is 0 Å². The highest BCUT2D eigenvalue weighted by molar-refractivity contribution is 7.92. The summed E-state index contributed by atoms with van der Waals surface area (Å²) in [5.41, 5.74) is 6.78. The number of benzene rings is 1. The Kier molecular flexibility index (Phi) is 3.80. The quantitative estimate of drug-likeness (QED) is 0.838. The molecular formula is C13H15N3O3S. The van der Waals surface area contributed by atoms with E-state index in [1.807, 2.05) is 0 Å². The van der Waals surface area contributed by atoms with Crippen molar-refractivity contribution in [3.63, 3.8) is 0 Å². The monoisotopic (exact) mass is 293 g/mol. The van der Waals surface area contributed by atoms with Crippen LogP contribution in [0.2, 0.25) is 0 Å². The Balaban J connectivity index is 2.38. The third-order valence-corrected chi connectivity index (χ3v) is 4.09. The molecule has 2 aromatic rings. The topological polar surface area (TPSA) is 94.3 Å². The molecule has 0 fully saturated rings. The number of ether oxygens (including phenoxy) is 1. The number of nitrogen functional groups attached to an aromatic ring is 1. The van der Waals surface area contributed by atoms with Gasteiger partial charge in [-0.25, -0.2) is 13.4 Å². The standard InChI is InChI=1S/C13H15N3O3S/c1-9-4-3-7-15-13(9)16-20(17,18)10-5-6-11(14)12(8-10)19-2/h3-8H,14H2,1-2H3,(H,15,16). The molecule has 0 amide bonds. The number of nitrogens with zero attached hydrogens (tertiary/aromatic N) is 1. The largest absolute Gasteiger partial charge is 0.495 e. The summed E-state index contributed by atoms with van der Waals surface area (Å²) in [6.07, 6.45) is 1.52. The summed E-state index contributed by atoms with van der Waals surface area (Å²) in [6.45, 7) is 1.77. The molecule has 0 aliphatic rings. The van der Waals surface area contributed by atoms with E-state index in [4.69, 9.17) is 10.5 Å². The number of nitrogens with two attached hydrogens (primary N) is 1. The van der Waals surface area contributed by atoms with Crippen LogP contribution in [-0.4, -0.2) is 20.5 Å². The van der Waals surface area contributed by atoms with Crippen LogP contribution in [0.5, 0.6) is 5.75 Å². The zero-order chi connectivity index (χ0) is 14.8. The Labute approximate surface area is 117 Å². The molecule has 0 aliphatic carbocycles. The molecule has 0 radical (unpaired) electrons. The number of rotatable bonds is 4. The van der Waals surface area contributed by atoms with Crippen LogP contribution in [0.15, 0.2) is 41.4 Å². The van der Waals surface area contributed by atoms with E-state index in [1.165, 1.54) is 31.5 Å². The predicted molar refractivity (Wildman–Crippen MR) is 77.2 cm³/mol. The fourth-order valence-electron chi connectivity index (χ4n) is 1.64. The SMILES string of the molecule is COc1cc(S(=O)(=O)Nc2ncccc2C)ccc1N. The van der Waals surface area contributed by atoms with E-state index >= 15 is 0 Å². The van der Waals surface area contributed by atoms with Crippen LogP contribution in [0, 0.1) is 6.92 Å². The number of pyridine rings is 1. The molecule has 6 nitrogen and oxygen atoms in total. The van der Waals surface area contributed by atoms with E-state index in [0.717, 1.165) is 5.56 Å². The number of hydrogen-bond donors (Lipinski definition) is 2. The highest BCUT2D eigenvalue weighted by Crippen LogP contribution is 2.26. The minimum Gasteiger partial charge on any atom is -0.495 e. The van der Waals surface area contributed by atoms with Crippen LogP contribution in [0.1, 0.15) is 5.56 Å². The Morgan fingerprint density at radius 3 is 2.70 bits per heavy atom. The minimum absolute atomic E-state index is 0.0635. The summed E-state index contributed by atoms with van der Waals surface area (Å²) < 4.78 is 32.0. The van der Waals surface area contributed by atoms with Crippen molar-refractivity contribution in [2.45, 2.75) is 11.8 Å². The van der Waals surface area contributed by atoms with Gasteiger partial charge >= 0.3 is 0 Å². The van der Waals surface area contributed by atoms with Crippen molar-refractivity contribution in [1.82, 2.24) is 4.98 Å². The predicted octanol–water partition coefficient (Wildman–Crippen LogP) is 1.78. The van der Waals surface area contributed by atoms with Gasteiger partial charge in [-0.15, -0.1) is 0 Å². The van der Waals surface area contributed by atoms with Gasteiger partial charge in [0.1, 0.15) is 11.6 Å². The van der Waals surface area contributed by atoms with Crippen LogP contribution in [0.3, 0.4) is 0 Å². The van der Waals surface area contributed by atoms with E-state index < -0.39 is 10.0 Å². The van der Waals surface area contributed by atoms with Gasteiger partial charge in [-0.3, -0.25) is 4.72 Å². The van der Waals surface area contributed by atoms with Crippen molar-refractivity contribution in [2.75, 3.05) is 17.6 Å². The lowest BCUT2D eigenvalue weighted by Crippen LogP contribution is -2.15. The van der Waals surface area contributed by atoms with Crippen molar-refractivity contribution in [3.8, 4) is 5.75 Å². The highest BCUT2D eigenvalue weighted by atomic mass is 32.2. The first-order valence-corrected chi connectivity index (χ1v) is 7.30. The van der Waals surface area contributed by atoms with Crippen LogP contribution < -0.4 is 15.2 Å². The molecule has 1 aromatic heterocycles. The summed E-state index contributed by atoms with van der Waals surface area (Å²) >= 11 is 0. The molecule has 0 aliphatic heterocycles. The average Bonchev–Trinajstić information content (AvgIpc) is 2.41. The first kappa shape index (κ1) is 14.1. The van der Waals surface area contributed by atoms with Crippen molar-refractivity contribution < 1.29 is 13.2 Å². The molecule has 0 unspecified atom stereocenters. The zero-order valence-corrected chi connectivity index (χ0v) is 11.9. The Hall–Kier alpha value is -2.28. The summed E-state index contributed by atoms with van der Waals surface area (Å²) in [7, 11) is -2.30. The van der Waals surface area contributed by atoms with Gasteiger partial charge in [0.05, 0.1) is 17.7 Å². The number of sulfonamides is 1. The fourth-order valence-corrected chi connectivity index (χ4v) is 2.73. The van der Waals surface area contributed by atoms with E-state index in [0.29, 0.717) is 17.3 Å². The molecule has 1 aromatic carbocycles. The lowest BCUT2D eigenvalue weighted by Gasteiger charge is -2.11. The lowest BCUT2D eigenvalue weighted by atomic mass is 10.3. The normalized spacial score (nSPS) is 11.1. The van der Waals surface area contributed by atoms with E-state index in [1.54, 1.807) is 19.1 Å². The summed E-state index contributed by atoms with van der Waals surface area (Å²) in [5, 5.41) is 0. The smallest absolute Gasteiger partial charge is 0.263 e. The molecule has 0 saturated carbocycles. The van der Waals surface area contributed by atoms with Gasteiger partial charge in [-0.1, -0.05) is 6.07 Å². The minimum atomic E-state index is -3.73. The second kappa shape index (κ2) is 5.38. The molecule has 0 atom stereocenters. The molecular weight excluding hydrogens is 278 g/mol. The molecule has 106 valence electrons. The molecule has 3 N–H and O–H groups in total. The molecule has 20 heavy (non-hydrogen) atoms. The van der Waals surface area contributed by atoms with Crippen molar-refractivity contribution in [1.29, 1.82) is 0 Å². The van der Waals surface area contributed by atoms with Crippen molar-refractivity contribution in [3.05, 3.63) is 42.1 Å². The first-order valence-electron chi connectivity index (χ1n) is 5.82. The Morgan fingerprint density at radius 1 is 1.30 bits per heavy atom. The third-order valence-electron chi connectivity index (χ3n) is 2.76. The number of methoxy groups -OCH3 is 1.